The van der Waals surface area contributed by atoms with E-state index in [1.807, 2.05) is 41.9 Å². The normalized spacial score (nSPS) is 11.1. The van der Waals surface area contributed by atoms with Gasteiger partial charge in [-0.05, 0) is 36.2 Å². The first-order valence-electron chi connectivity index (χ1n) is 6.59. The van der Waals surface area contributed by atoms with Crippen molar-refractivity contribution in [2.75, 3.05) is 5.73 Å². The quantitative estimate of drug-likeness (QED) is 0.743. The van der Waals surface area contributed by atoms with E-state index >= 15 is 0 Å². The number of anilines is 1. The maximum absolute atomic E-state index is 13.7. The number of halogens is 1. The van der Waals surface area contributed by atoms with Gasteiger partial charge in [0.15, 0.2) is 5.82 Å². The minimum atomic E-state index is -0.270. The van der Waals surface area contributed by atoms with Crippen molar-refractivity contribution < 1.29 is 4.39 Å². The third kappa shape index (κ3) is 2.25. The fourth-order valence-electron chi connectivity index (χ4n) is 2.46. The van der Waals surface area contributed by atoms with Gasteiger partial charge in [0.05, 0.1) is 5.52 Å². The Balaban J connectivity index is 1.88. The molecule has 0 aliphatic heterocycles. The van der Waals surface area contributed by atoms with Gasteiger partial charge < -0.3 is 10.3 Å². The third-order valence-corrected chi connectivity index (χ3v) is 3.54. The van der Waals surface area contributed by atoms with E-state index in [-0.39, 0.29) is 5.82 Å². The largest absolute Gasteiger partial charge is 0.399 e. The van der Waals surface area contributed by atoms with Crippen LogP contribution in [0, 0.1) is 5.82 Å². The monoisotopic (exact) mass is 269 g/mol. The minimum Gasteiger partial charge on any atom is -0.399 e. The lowest BCUT2D eigenvalue weighted by atomic mass is 10.1. The minimum absolute atomic E-state index is 0.270. The van der Waals surface area contributed by atoms with Gasteiger partial charge in [0.25, 0.3) is 0 Å². The van der Waals surface area contributed by atoms with E-state index in [4.69, 9.17) is 5.73 Å². The number of rotatable bonds is 3. The first-order chi connectivity index (χ1) is 9.65. The van der Waals surface area contributed by atoms with E-state index < -0.39 is 0 Å². The average molecular weight is 269 g/mol. The number of aromatic nitrogens is 2. The van der Waals surface area contributed by atoms with Crippen molar-refractivity contribution in [2.24, 2.45) is 7.05 Å². The summed E-state index contributed by atoms with van der Waals surface area (Å²) >= 11 is 0. The summed E-state index contributed by atoms with van der Waals surface area (Å²) in [4.78, 5) is 4.41. The highest BCUT2D eigenvalue weighted by molar-refractivity contribution is 5.76. The fourth-order valence-corrected chi connectivity index (χ4v) is 2.46. The van der Waals surface area contributed by atoms with Crippen LogP contribution in [0.15, 0.2) is 42.5 Å². The number of imidazole rings is 1. The van der Waals surface area contributed by atoms with Gasteiger partial charge in [-0.3, -0.25) is 0 Å². The topological polar surface area (TPSA) is 43.8 Å². The molecule has 0 saturated carbocycles. The molecule has 0 saturated heterocycles. The maximum atomic E-state index is 13.7. The van der Waals surface area contributed by atoms with Crippen LogP contribution in [0.4, 0.5) is 10.1 Å². The first kappa shape index (κ1) is 12.7. The van der Waals surface area contributed by atoms with Crippen LogP contribution in [0.3, 0.4) is 0 Å². The number of nitrogens with two attached hydrogens (primary N) is 1. The zero-order chi connectivity index (χ0) is 14.1. The molecule has 0 spiro atoms. The molecule has 4 heteroatoms. The van der Waals surface area contributed by atoms with Gasteiger partial charge in [-0.15, -0.1) is 0 Å². The summed E-state index contributed by atoms with van der Waals surface area (Å²) in [6.07, 6.45) is 1.60. The molecule has 0 aliphatic rings. The van der Waals surface area contributed by atoms with Crippen molar-refractivity contribution in [1.29, 1.82) is 0 Å². The Morgan fingerprint density at radius 2 is 1.95 bits per heavy atom. The number of aryl methyl sites for hydroxylation is 3. The zero-order valence-corrected chi connectivity index (χ0v) is 11.3. The molecule has 20 heavy (non-hydrogen) atoms. The lowest BCUT2D eigenvalue weighted by Gasteiger charge is -2.03. The highest BCUT2D eigenvalue weighted by atomic mass is 19.1. The Morgan fingerprint density at radius 3 is 2.70 bits per heavy atom. The molecule has 3 nitrogen and oxygen atoms in total. The first-order valence-corrected chi connectivity index (χ1v) is 6.59. The Labute approximate surface area is 116 Å². The number of nitrogens with zero attached hydrogens (tertiary/aromatic N) is 2. The molecule has 0 radical (unpaired) electrons. The van der Waals surface area contributed by atoms with E-state index in [0.29, 0.717) is 5.52 Å². The molecule has 0 aliphatic carbocycles. The summed E-state index contributed by atoms with van der Waals surface area (Å²) in [5, 5.41) is 0. The number of hydrogen-bond donors (Lipinski definition) is 1. The molecule has 0 atom stereocenters. The number of hydrogen-bond acceptors (Lipinski definition) is 2. The van der Waals surface area contributed by atoms with E-state index in [2.05, 4.69) is 4.98 Å². The molecular weight excluding hydrogens is 253 g/mol. The van der Waals surface area contributed by atoms with Crippen LogP contribution in [0.2, 0.25) is 0 Å². The van der Waals surface area contributed by atoms with Crippen LogP contribution in [0.25, 0.3) is 11.0 Å². The van der Waals surface area contributed by atoms with Crippen molar-refractivity contribution in [1.82, 2.24) is 9.55 Å². The maximum Gasteiger partial charge on any atom is 0.151 e. The van der Waals surface area contributed by atoms with E-state index in [0.717, 1.165) is 35.4 Å². The van der Waals surface area contributed by atoms with Crippen LogP contribution in [-0.4, -0.2) is 9.55 Å². The second-order valence-corrected chi connectivity index (χ2v) is 4.94. The summed E-state index contributed by atoms with van der Waals surface area (Å²) in [6.45, 7) is 0. The van der Waals surface area contributed by atoms with E-state index in [9.17, 15) is 4.39 Å². The summed E-state index contributed by atoms with van der Waals surface area (Å²) in [5.74, 6) is 0.612. The predicted molar refractivity (Wildman–Crippen MR) is 78.9 cm³/mol. The number of para-hydroxylation sites is 1. The van der Waals surface area contributed by atoms with Gasteiger partial charge in [-0.2, -0.15) is 0 Å². The third-order valence-electron chi connectivity index (χ3n) is 3.54. The molecule has 3 aromatic rings. The Hall–Kier alpha value is -2.36. The Bertz CT molecular complexity index is 762. The number of benzene rings is 2. The molecular formula is C16H16FN3. The van der Waals surface area contributed by atoms with Crippen molar-refractivity contribution in [3.8, 4) is 0 Å². The van der Waals surface area contributed by atoms with Gasteiger partial charge in [-0.25, -0.2) is 9.37 Å². The van der Waals surface area contributed by atoms with Gasteiger partial charge in [0.1, 0.15) is 11.3 Å². The molecule has 1 aromatic heterocycles. The van der Waals surface area contributed by atoms with Crippen LogP contribution < -0.4 is 5.73 Å². The van der Waals surface area contributed by atoms with Crippen LogP contribution >= 0.6 is 0 Å². The standard InChI is InChI=1S/C16H16FN3/c1-20-14-7-3-6-13(17)16(14)19-15(20)9-8-11-4-2-5-12(18)10-11/h2-7,10H,8-9,18H2,1H3. The molecule has 3 rings (SSSR count). The zero-order valence-electron chi connectivity index (χ0n) is 11.3. The van der Waals surface area contributed by atoms with Gasteiger partial charge in [-0.1, -0.05) is 18.2 Å². The van der Waals surface area contributed by atoms with Crippen molar-refractivity contribution >= 4 is 16.7 Å². The lowest BCUT2D eigenvalue weighted by Crippen LogP contribution is -2.00. The van der Waals surface area contributed by atoms with Crippen LogP contribution in [-0.2, 0) is 19.9 Å². The summed E-state index contributed by atoms with van der Waals surface area (Å²) in [5.41, 5.74) is 8.96. The SMILES string of the molecule is Cn1c(CCc2cccc(N)c2)nc2c(F)cccc21. The molecule has 1 heterocycles. The average Bonchev–Trinajstić information content (AvgIpc) is 2.75. The van der Waals surface area contributed by atoms with Crippen LogP contribution in [0.5, 0.6) is 0 Å². The van der Waals surface area contributed by atoms with Crippen molar-refractivity contribution in [3.63, 3.8) is 0 Å². The molecule has 102 valence electrons. The summed E-state index contributed by atoms with van der Waals surface area (Å²) < 4.78 is 15.7. The van der Waals surface area contributed by atoms with Crippen LogP contribution in [0.1, 0.15) is 11.4 Å². The molecule has 0 unspecified atom stereocenters. The molecule has 2 aromatic carbocycles. The summed E-state index contributed by atoms with van der Waals surface area (Å²) in [6, 6.07) is 12.9. The van der Waals surface area contributed by atoms with Crippen molar-refractivity contribution in [2.45, 2.75) is 12.8 Å². The van der Waals surface area contributed by atoms with E-state index in [1.54, 1.807) is 6.07 Å². The number of nitrogen functional groups attached to an aromatic ring is 1. The Kier molecular flexibility index (Phi) is 3.14. The molecule has 0 amide bonds. The van der Waals surface area contributed by atoms with Gasteiger partial charge in [0.2, 0.25) is 0 Å². The lowest BCUT2D eigenvalue weighted by molar-refractivity contribution is 0.637. The van der Waals surface area contributed by atoms with Gasteiger partial charge >= 0.3 is 0 Å². The fraction of sp³-hybridized carbons (Fsp3) is 0.188. The number of fused-ring (bicyclic) bond motifs is 1. The van der Waals surface area contributed by atoms with Crippen molar-refractivity contribution in [3.05, 3.63) is 59.7 Å². The van der Waals surface area contributed by atoms with Gasteiger partial charge in [0, 0.05) is 19.2 Å². The summed E-state index contributed by atoms with van der Waals surface area (Å²) in [7, 11) is 1.92. The molecule has 2 N–H and O–H groups in total. The molecule has 0 fully saturated rings. The molecule has 0 bridgehead atoms. The van der Waals surface area contributed by atoms with E-state index in [1.165, 1.54) is 6.07 Å². The Morgan fingerprint density at radius 1 is 1.15 bits per heavy atom. The second kappa shape index (κ2) is 4.96. The highest BCUT2D eigenvalue weighted by Gasteiger charge is 2.10. The highest BCUT2D eigenvalue weighted by Crippen LogP contribution is 2.19. The second-order valence-electron chi connectivity index (χ2n) is 4.94. The predicted octanol–water partition coefficient (Wildman–Crippen LogP) is 3.08. The smallest absolute Gasteiger partial charge is 0.151 e.